The summed E-state index contributed by atoms with van der Waals surface area (Å²) in [7, 11) is 0. The third kappa shape index (κ3) is 2.32. The maximum atomic E-state index is 12.6. The Morgan fingerprint density at radius 1 is 1.44 bits per heavy atom. The Labute approximate surface area is 103 Å². The van der Waals surface area contributed by atoms with Crippen molar-refractivity contribution in [2.75, 3.05) is 13.1 Å². The van der Waals surface area contributed by atoms with E-state index in [0.29, 0.717) is 6.54 Å². The average molecular weight is 252 g/mol. The van der Waals surface area contributed by atoms with Crippen LogP contribution >= 0.6 is 0 Å². The van der Waals surface area contributed by atoms with Gasteiger partial charge in [0, 0.05) is 19.3 Å². The molecule has 1 aliphatic rings. The predicted molar refractivity (Wildman–Crippen MR) is 60.4 cm³/mol. The molecule has 1 N–H and O–H groups in total. The topological polar surface area (TPSA) is 70.5 Å². The number of carboxylic acid groups (broad SMARTS) is 1. The van der Waals surface area contributed by atoms with Gasteiger partial charge in [0.2, 0.25) is 5.95 Å². The van der Waals surface area contributed by atoms with Crippen molar-refractivity contribution in [2.45, 2.75) is 6.92 Å². The summed E-state index contributed by atoms with van der Waals surface area (Å²) in [5.74, 6) is -2.47. The zero-order chi connectivity index (χ0) is 13.3. The van der Waals surface area contributed by atoms with Crippen LogP contribution < -0.4 is 0 Å². The molecule has 0 saturated carbocycles. The number of likely N-dealkylation sites (tertiary alicyclic amines) is 1. The van der Waals surface area contributed by atoms with Crippen LogP contribution in [0.1, 0.15) is 17.3 Å². The minimum atomic E-state index is -0.893. The van der Waals surface area contributed by atoms with Crippen molar-refractivity contribution in [3.05, 3.63) is 29.8 Å². The van der Waals surface area contributed by atoms with Gasteiger partial charge in [0.25, 0.3) is 5.91 Å². The highest BCUT2D eigenvalue weighted by atomic mass is 19.1. The fourth-order valence-corrected chi connectivity index (χ4v) is 2.14. The molecule has 2 heterocycles. The molecule has 2 rings (SSSR count). The van der Waals surface area contributed by atoms with E-state index in [-0.39, 0.29) is 23.9 Å². The molecule has 5 nitrogen and oxygen atoms in total. The molecule has 2 atom stereocenters. The summed E-state index contributed by atoms with van der Waals surface area (Å²) in [5, 5.41) is 8.99. The second-order valence-corrected chi connectivity index (χ2v) is 4.50. The number of carbonyl (C=O) groups is 2. The molecule has 1 saturated heterocycles. The van der Waals surface area contributed by atoms with Crippen molar-refractivity contribution >= 4 is 11.9 Å². The predicted octanol–water partition coefficient (Wildman–Crippen LogP) is 1.01. The molecule has 0 spiro atoms. The first-order chi connectivity index (χ1) is 8.49. The smallest absolute Gasteiger partial charge is 0.308 e. The number of hydrogen-bond donors (Lipinski definition) is 1. The van der Waals surface area contributed by atoms with Gasteiger partial charge < -0.3 is 10.0 Å². The second kappa shape index (κ2) is 4.72. The largest absolute Gasteiger partial charge is 0.481 e. The van der Waals surface area contributed by atoms with Gasteiger partial charge in [-0.25, -0.2) is 4.98 Å². The lowest BCUT2D eigenvalue weighted by atomic mass is 9.99. The molecule has 1 aromatic heterocycles. The van der Waals surface area contributed by atoms with Crippen LogP contribution in [0.3, 0.4) is 0 Å². The number of aliphatic carboxylic acids is 1. The molecular formula is C12H13FN2O3. The van der Waals surface area contributed by atoms with E-state index in [4.69, 9.17) is 5.11 Å². The van der Waals surface area contributed by atoms with E-state index in [1.807, 2.05) is 0 Å². The van der Waals surface area contributed by atoms with Gasteiger partial charge in [-0.2, -0.15) is 4.39 Å². The number of amides is 1. The zero-order valence-corrected chi connectivity index (χ0v) is 9.84. The fraction of sp³-hybridized carbons (Fsp3) is 0.417. The van der Waals surface area contributed by atoms with Gasteiger partial charge in [-0.05, 0) is 18.1 Å². The van der Waals surface area contributed by atoms with Crippen molar-refractivity contribution < 1.29 is 19.1 Å². The molecule has 1 fully saturated rings. The van der Waals surface area contributed by atoms with Gasteiger partial charge >= 0.3 is 5.97 Å². The number of carboxylic acids is 1. The van der Waals surface area contributed by atoms with Crippen LogP contribution in [0.15, 0.2) is 18.3 Å². The Balaban J connectivity index is 2.12. The molecule has 96 valence electrons. The number of halogens is 1. The molecule has 0 unspecified atom stereocenters. The second-order valence-electron chi connectivity index (χ2n) is 4.50. The van der Waals surface area contributed by atoms with Crippen LogP contribution in [-0.4, -0.2) is 40.0 Å². The Morgan fingerprint density at radius 2 is 2.17 bits per heavy atom. The standard InChI is InChI=1S/C12H13FN2O3/c1-7-5-15(6-9(7)12(17)18)11(16)8-2-3-10(13)14-4-8/h2-4,7,9H,5-6H2,1H3,(H,17,18)/t7-,9-/m1/s1. The quantitative estimate of drug-likeness (QED) is 0.797. The molecular weight excluding hydrogens is 239 g/mol. The third-order valence-electron chi connectivity index (χ3n) is 3.19. The molecule has 1 aliphatic heterocycles. The average Bonchev–Trinajstić information content (AvgIpc) is 2.71. The molecule has 18 heavy (non-hydrogen) atoms. The molecule has 0 bridgehead atoms. The number of aromatic nitrogens is 1. The summed E-state index contributed by atoms with van der Waals surface area (Å²) in [5.41, 5.74) is 0.273. The van der Waals surface area contributed by atoms with Gasteiger partial charge in [-0.3, -0.25) is 9.59 Å². The first-order valence-corrected chi connectivity index (χ1v) is 5.62. The molecule has 0 radical (unpaired) electrons. The lowest BCUT2D eigenvalue weighted by Crippen LogP contribution is -2.30. The maximum Gasteiger partial charge on any atom is 0.308 e. The molecule has 1 amide bonds. The van der Waals surface area contributed by atoms with Crippen LogP contribution in [0.2, 0.25) is 0 Å². The lowest BCUT2D eigenvalue weighted by molar-refractivity contribution is -0.142. The van der Waals surface area contributed by atoms with Crippen LogP contribution in [0.25, 0.3) is 0 Å². The van der Waals surface area contributed by atoms with E-state index in [2.05, 4.69) is 4.98 Å². The highest BCUT2D eigenvalue weighted by Crippen LogP contribution is 2.24. The van der Waals surface area contributed by atoms with E-state index >= 15 is 0 Å². The Kier molecular flexibility index (Phi) is 3.27. The number of hydrogen-bond acceptors (Lipinski definition) is 3. The summed E-state index contributed by atoms with van der Waals surface area (Å²) in [4.78, 5) is 27.9. The van der Waals surface area contributed by atoms with Crippen LogP contribution in [0.4, 0.5) is 4.39 Å². The zero-order valence-electron chi connectivity index (χ0n) is 9.84. The first kappa shape index (κ1) is 12.5. The monoisotopic (exact) mass is 252 g/mol. The lowest BCUT2D eigenvalue weighted by Gasteiger charge is -2.15. The van der Waals surface area contributed by atoms with Crippen molar-refractivity contribution in [1.29, 1.82) is 0 Å². The van der Waals surface area contributed by atoms with Gasteiger partial charge in [0.15, 0.2) is 0 Å². The normalized spacial score (nSPS) is 23.1. The molecule has 1 aromatic rings. The van der Waals surface area contributed by atoms with E-state index in [1.54, 1.807) is 6.92 Å². The van der Waals surface area contributed by atoms with Crippen molar-refractivity contribution in [2.24, 2.45) is 11.8 Å². The van der Waals surface area contributed by atoms with Crippen LogP contribution in [-0.2, 0) is 4.79 Å². The Morgan fingerprint density at radius 3 is 2.67 bits per heavy atom. The number of rotatable bonds is 2. The van der Waals surface area contributed by atoms with E-state index < -0.39 is 17.8 Å². The summed E-state index contributed by atoms with van der Waals surface area (Å²) < 4.78 is 12.6. The van der Waals surface area contributed by atoms with Crippen LogP contribution in [0, 0.1) is 17.8 Å². The third-order valence-corrected chi connectivity index (χ3v) is 3.19. The molecule has 0 aromatic carbocycles. The molecule has 0 aliphatic carbocycles. The highest BCUT2D eigenvalue weighted by molar-refractivity contribution is 5.94. The van der Waals surface area contributed by atoms with Crippen molar-refractivity contribution in [3.63, 3.8) is 0 Å². The molecule has 6 heteroatoms. The highest BCUT2D eigenvalue weighted by Gasteiger charge is 2.37. The summed E-state index contributed by atoms with van der Waals surface area (Å²) >= 11 is 0. The summed E-state index contributed by atoms with van der Waals surface area (Å²) in [6.45, 7) is 2.38. The first-order valence-electron chi connectivity index (χ1n) is 5.62. The van der Waals surface area contributed by atoms with Crippen molar-refractivity contribution in [1.82, 2.24) is 9.88 Å². The Bertz CT molecular complexity index is 475. The van der Waals surface area contributed by atoms with E-state index in [1.165, 1.54) is 11.0 Å². The number of pyridine rings is 1. The van der Waals surface area contributed by atoms with Crippen molar-refractivity contribution in [3.8, 4) is 0 Å². The fourth-order valence-electron chi connectivity index (χ4n) is 2.14. The van der Waals surface area contributed by atoms with E-state index in [9.17, 15) is 14.0 Å². The minimum Gasteiger partial charge on any atom is -0.481 e. The van der Waals surface area contributed by atoms with Gasteiger partial charge in [0.05, 0.1) is 11.5 Å². The van der Waals surface area contributed by atoms with E-state index in [0.717, 1.165) is 12.3 Å². The summed E-state index contributed by atoms with van der Waals surface area (Å²) in [6, 6.07) is 2.46. The SMILES string of the molecule is C[C@@H]1CN(C(=O)c2ccc(F)nc2)C[C@H]1C(=O)O. The van der Waals surface area contributed by atoms with Gasteiger partial charge in [-0.1, -0.05) is 6.92 Å². The summed E-state index contributed by atoms with van der Waals surface area (Å²) in [6.07, 6.45) is 1.16. The Hall–Kier alpha value is -1.98. The maximum absolute atomic E-state index is 12.6. The minimum absolute atomic E-state index is 0.0835. The van der Waals surface area contributed by atoms with Gasteiger partial charge in [-0.15, -0.1) is 0 Å². The number of nitrogens with zero attached hydrogens (tertiary/aromatic N) is 2. The van der Waals surface area contributed by atoms with Crippen LogP contribution in [0.5, 0.6) is 0 Å². The van der Waals surface area contributed by atoms with Gasteiger partial charge in [0.1, 0.15) is 0 Å². The number of carbonyl (C=O) groups excluding carboxylic acids is 1.